The average molecular weight is 254 g/mol. The second-order valence-corrected chi connectivity index (χ2v) is 8.72. The molecule has 0 fully saturated rings. The Hall–Kier alpha value is 2.56. The van der Waals surface area contributed by atoms with Crippen LogP contribution in [-0.4, -0.2) is 16.8 Å². The quantitative estimate of drug-likeness (QED) is 0.547. The summed E-state index contributed by atoms with van der Waals surface area (Å²) in [4.78, 5) is 9.48. The van der Waals surface area contributed by atoms with E-state index in [-0.39, 0.29) is 52.8 Å². The van der Waals surface area contributed by atoms with Gasteiger partial charge in [-0.15, -0.1) is 0 Å². The zero-order valence-electron chi connectivity index (χ0n) is 9.11. The zero-order chi connectivity index (χ0) is 8.91. The molecule has 12 heavy (non-hydrogen) atoms. The van der Waals surface area contributed by atoms with Crippen LogP contribution in [0.4, 0.5) is 0 Å². The van der Waals surface area contributed by atoms with Crippen LogP contribution in [0.25, 0.3) is 0 Å². The van der Waals surface area contributed by atoms with Gasteiger partial charge in [0.15, 0.2) is 0 Å². The smallest absolute Gasteiger partial charge is 1.00 e. The van der Waals surface area contributed by atoms with Gasteiger partial charge in [0.2, 0.25) is 5.69 Å². The molecule has 0 aromatic heterocycles. The van der Waals surface area contributed by atoms with Crippen LogP contribution in [0.3, 0.4) is 0 Å². The SMILES string of the molecule is CCOP(O)(=S)SC(C)CC.[H-].[K+]. The molecule has 6 heteroatoms. The molecule has 0 aliphatic rings. The van der Waals surface area contributed by atoms with Crippen LogP contribution in [-0.2, 0) is 16.3 Å². The summed E-state index contributed by atoms with van der Waals surface area (Å²) < 4.78 is 5.05. The monoisotopic (exact) mass is 254 g/mol. The van der Waals surface area contributed by atoms with Crippen LogP contribution in [0.15, 0.2) is 0 Å². The Kier molecular flexibility index (Phi) is 12.5. The summed E-state index contributed by atoms with van der Waals surface area (Å²) in [5.74, 6) is 0. The van der Waals surface area contributed by atoms with Crippen molar-refractivity contribution in [3.8, 4) is 0 Å². The predicted molar refractivity (Wildman–Crippen MR) is 56.6 cm³/mol. The molecule has 0 aliphatic carbocycles. The van der Waals surface area contributed by atoms with E-state index in [1.54, 1.807) is 0 Å². The van der Waals surface area contributed by atoms with Crippen LogP contribution in [0.2, 0.25) is 0 Å². The molecule has 0 bridgehead atoms. The van der Waals surface area contributed by atoms with Crippen molar-refractivity contribution in [2.24, 2.45) is 0 Å². The van der Waals surface area contributed by atoms with Crippen molar-refractivity contribution in [1.82, 2.24) is 0 Å². The normalized spacial score (nSPS) is 17.7. The molecule has 2 nitrogen and oxygen atoms in total. The largest absolute Gasteiger partial charge is 1.00 e. The fraction of sp³-hybridized carbons (Fsp3) is 1.00. The molecule has 0 rings (SSSR count). The molecule has 0 amide bonds. The molecule has 0 radical (unpaired) electrons. The van der Waals surface area contributed by atoms with Gasteiger partial charge in [-0.25, -0.2) is 0 Å². The van der Waals surface area contributed by atoms with Crippen LogP contribution < -0.4 is 51.4 Å². The van der Waals surface area contributed by atoms with Crippen LogP contribution in [0, 0.1) is 0 Å². The first-order valence-corrected chi connectivity index (χ1v) is 7.83. The van der Waals surface area contributed by atoms with Crippen molar-refractivity contribution in [2.75, 3.05) is 6.61 Å². The van der Waals surface area contributed by atoms with Gasteiger partial charge in [0, 0.05) is 5.25 Å². The molecule has 0 aromatic rings. The first-order chi connectivity index (χ1) is 5.02. The molecule has 2 atom stereocenters. The standard InChI is InChI=1S/C6H15O2PS2.K.H/c1-4-6(3)11-9(7,10)8-5-2;;/h6H,4-5H2,1-3H3,(H,7,10);;/q;+1;-1. The molecule has 70 valence electrons. The number of rotatable bonds is 5. The molecule has 2 unspecified atom stereocenters. The van der Waals surface area contributed by atoms with E-state index in [0.717, 1.165) is 6.42 Å². The first kappa shape index (κ1) is 17.0. The van der Waals surface area contributed by atoms with Gasteiger partial charge in [0.05, 0.1) is 6.61 Å². The average Bonchev–Trinajstić information content (AvgIpc) is 1.86. The molecule has 0 aliphatic heterocycles. The van der Waals surface area contributed by atoms with Crippen molar-refractivity contribution >= 4 is 28.9 Å². The van der Waals surface area contributed by atoms with Gasteiger partial charge in [0.25, 0.3) is 0 Å². The summed E-state index contributed by atoms with van der Waals surface area (Å²) >= 11 is 6.28. The summed E-state index contributed by atoms with van der Waals surface area (Å²) in [6.07, 6.45) is 1.01. The van der Waals surface area contributed by atoms with Crippen molar-refractivity contribution in [3.63, 3.8) is 0 Å². The van der Waals surface area contributed by atoms with Gasteiger partial charge < -0.3 is 10.8 Å². The molecule has 0 spiro atoms. The maximum atomic E-state index is 9.48. The minimum atomic E-state index is -2.52. The van der Waals surface area contributed by atoms with Gasteiger partial charge in [0.1, 0.15) is 0 Å². The Morgan fingerprint density at radius 1 is 1.67 bits per heavy atom. The van der Waals surface area contributed by atoms with Gasteiger partial charge in [-0.1, -0.05) is 25.2 Å². The third-order valence-electron chi connectivity index (χ3n) is 1.18. The molecule has 0 saturated carbocycles. The van der Waals surface area contributed by atoms with E-state index in [4.69, 9.17) is 16.3 Å². The van der Waals surface area contributed by atoms with Crippen LogP contribution in [0.5, 0.6) is 0 Å². The van der Waals surface area contributed by atoms with Gasteiger partial charge >= 0.3 is 51.4 Å². The van der Waals surface area contributed by atoms with E-state index in [0.29, 0.717) is 11.9 Å². The molecule has 0 saturated heterocycles. The summed E-state index contributed by atoms with van der Waals surface area (Å²) in [5.41, 5.74) is -2.52. The number of hydrogen-bond acceptors (Lipinski definition) is 3. The van der Waals surface area contributed by atoms with Gasteiger partial charge in [-0.2, -0.15) is 0 Å². The Balaban J connectivity index is -0.000000500. The van der Waals surface area contributed by atoms with E-state index in [1.807, 2.05) is 13.8 Å². The van der Waals surface area contributed by atoms with E-state index in [2.05, 4.69) is 6.92 Å². The minimum Gasteiger partial charge on any atom is -1.00 e. The van der Waals surface area contributed by atoms with Gasteiger partial charge in [-0.3, -0.25) is 0 Å². The van der Waals surface area contributed by atoms with Crippen LogP contribution in [0.1, 0.15) is 28.6 Å². The fourth-order valence-electron chi connectivity index (χ4n) is 0.496. The van der Waals surface area contributed by atoms with Crippen molar-refractivity contribution in [3.05, 3.63) is 0 Å². The van der Waals surface area contributed by atoms with Crippen LogP contribution >= 0.6 is 17.1 Å². The van der Waals surface area contributed by atoms with E-state index in [9.17, 15) is 4.89 Å². The summed E-state index contributed by atoms with van der Waals surface area (Å²) in [7, 11) is 0. The van der Waals surface area contributed by atoms with E-state index in [1.165, 1.54) is 11.4 Å². The maximum absolute atomic E-state index is 9.48. The molecular formula is C6H16KO2PS2. The summed E-state index contributed by atoms with van der Waals surface area (Å²) in [6.45, 7) is 6.45. The Bertz CT molecular complexity index is 162. The predicted octanol–water partition coefficient (Wildman–Crippen LogP) is -0.112. The second kappa shape index (κ2) is 8.83. The zero-order valence-corrected chi connectivity index (χ0v) is 13.8. The maximum Gasteiger partial charge on any atom is 1.00 e. The third-order valence-corrected chi connectivity index (χ3v) is 6.01. The topological polar surface area (TPSA) is 29.5 Å². The third kappa shape index (κ3) is 9.12. The summed E-state index contributed by atoms with van der Waals surface area (Å²) in [6, 6.07) is 0. The van der Waals surface area contributed by atoms with Crippen molar-refractivity contribution < 1.29 is 62.2 Å². The molecule has 1 N–H and O–H groups in total. The first-order valence-electron chi connectivity index (χ1n) is 3.67. The molecular weight excluding hydrogens is 238 g/mol. The number of hydrogen-bond donors (Lipinski definition) is 1. The Morgan fingerprint density at radius 3 is 2.50 bits per heavy atom. The Labute approximate surface area is 128 Å². The van der Waals surface area contributed by atoms with E-state index >= 15 is 0 Å². The molecule has 0 aromatic carbocycles. The summed E-state index contributed by atoms with van der Waals surface area (Å²) in [5, 5.41) is 0.386. The fourth-order valence-corrected chi connectivity index (χ4v) is 5.44. The van der Waals surface area contributed by atoms with Gasteiger partial charge in [-0.05, 0) is 25.2 Å². The van der Waals surface area contributed by atoms with Crippen molar-refractivity contribution in [2.45, 2.75) is 32.4 Å². The van der Waals surface area contributed by atoms with Crippen molar-refractivity contribution in [1.29, 1.82) is 0 Å². The second-order valence-electron chi connectivity index (χ2n) is 2.21. The minimum absolute atomic E-state index is 0. The molecule has 0 heterocycles. The van der Waals surface area contributed by atoms with E-state index < -0.39 is 5.69 Å². The Morgan fingerprint density at radius 2 is 2.17 bits per heavy atom.